The van der Waals surface area contributed by atoms with Crippen molar-refractivity contribution in [2.45, 2.75) is 52.6 Å². The van der Waals surface area contributed by atoms with Crippen LogP contribution in [0.4, 0.5) is 0 Å². The van der Waals surface area contributed by atoms with Crippen LogP contribution in [0, 0.1) is 0 Å². The van der Waals surface area contributed by atoms with Crippen LogP contribution in [0.1, 0.15) is 61.3 Å². The van der Waals surface area contributed by atoms with Crippen LogP contribution in [0.25, 0.3) is 22.6 Å². The Kier molecular flexibility index (Phi) is 8.21. The highest BCUT2D eigenvalue weighted by Crippen LogP contribution is 2.31. The molecule has 0 fully saturated rings. The van der Waals surface area contributed by atoms with Crippen molar-refractivity contribution < 1.29 is 9.53 Å². The van der Waals surface area contributed by atoms with Crippen molar-refractivity contribution in [1.82, 2.24) is 14.9 Å². The molecule has 36 heavy (non-hydrogen) atoms. The van der Waals surface area contributed by atoms with E-state index < -0.39 is 0 Å². The molecule has 4 aromatic rings. The van der Waals surface area contributed by atoms with Crippen LogP contribution in [0.3, 0.4) is 0 Å². The molecule has 0 aliphatic heterocycles. The van der Waals surface area contributed by atoms with E-state index in [9.17, 15) is 4.79 Å². The number of nitrogens with zero attached hydrogens (tertiary/aromatic N) is 2. The number of carbonyl (C=O) groups excluding carboxylic acids is 1. The third kappa shape index (κ3) is 5.51. The van der Waals surface area contributed by atoms with Crippen molar-refractivity contribution >= 4 is 5.91 Å². The lowest BCUT2D eigenvalue weighted by Crippen LogP contribution is -2.29. The summed E-state index contributed by atoms with van der Waals surface area (Å²) in [6.07, 6.45) is 3.39. The minimum atomic E-state index is -0.197. The van der Waals surface area contributed by atoms with Gasteiger partial charge in [0.15, 0.2) is 0 Å². The lowest BCUT2D eigenvalue weighted by molar-refractivity contribution is 0.0931. The highest BCUT2D eigenvalue weighted by molar-refractivity contribution is 5.99. The molecule has 1 amide bonds. The topological polar surface area (TPSA) is 56.2 Å². The van der Waals surface area contributed by atoms with Crippen LogP contribution in [0.2, 0.25) is 0 Å². The number of imidazole rings is 1. The molecule has 0 radical (unpaired) electrons. The number of benzene rings is 3. The van der Waals surface area contributed by atoms with Crippen molar-refractivity contribution in [3.63, 3.8) is 0 Å². The van der Waals surface area contributed by atoms with Crippen molar-refractivity contribution in [3.8, 4) is 28.4 Å². The average Bonchev–Trinajstić information content (AvgIpc) is 3.32. The molecule has 1 N–H and O–H groups in total. The van der Waals surface area contributed by atoms with E-state index in [-0.39, 0.29) is 11.9 Å². The largest absolute Gasteiger partial charge is 0.497 e. The number of rotatable bonds is 10. The summed E-state index contributed by atoms with van der Waals surface area (Å²) in [5.41, 5.74) is 5.49. The summed E-state index contributed by atoms with van der Waals surface area (Å²) in [4.78, 5) is 18.8. The van der Waals surface area contributed by atoms with E-state index in [0.717, 1.165) is 41.1 Å². The maximum absolute atomic E-state index is 13.8. The van der Waals surface area contributed by atoms with Crippen molar-refractivity contribution in [2.24, 2.45) is 0 Å². The van der Waals surface area contributed by atoms with Crippen LogP contribution in [-0.2, 0) is 13.0 Å². The average molecular weight is 482 g/mol. The fourth-order valence-corrected chi connectivity index (χ4v) is 4.47. The molecule has 5 heteroatoms. The van der Waals surface area contributed by atoms with Gasteiger partial charge in [-0.05, 0) is 49.9 Å². The molecule has 0 spiro atoms. The summed E-state index contributed by atoms with van der Waals surface area (Å²) in [7, 11) is 1.65. The molecule has 0 saturated carbocycles. The van der Waals surface area contributed by atoms with E-state index in [0.29, 0.717) is 17.9 Å². The highest BCUT2D eigenvalue weighted by Gasteiger charge is 2.25. The zero-order chi connectivity index (χ0) is 25.5. The highest BCUT2D eigenvalue weighted by atomic mass is 16.5. The van der Waals surface area contributed by atoms with Gasteiger partial charge in [0, 0.05) is 17.7 Å². The number of carbonyl (C=O) groups is 1. The van der Waals surface area contributed by atoms with Crippen molar-refractivity contribution in [2.75, 3.05) is 7.11 Å². The van der Waals surface area contributed by atoms with Gasteiger partial charge in [-0.2, -0.15) is 0 Å². The zero-order valence-corrected chi connectivity index (χ0v) is 21.6. The second-order valence-corrected chi connectivity index (χ2v) is 9.02. The van der Waals surface area contributed by atoms with Crippen LogP contribution < -0.4 is 10.1 Å². The molecule has 5 nitrogen and oxygen atoms in total. The Bertz CT molecular complexity index is 1290. The van der Waals surface area contributed by atoms with Crippen LogP contribution in [-0.4, -0.2) is 22.6 Å². The molecular weight excluding hydrogens is 446 g/mol. The van der Waals surface area contributed by atoms with Crippen LogP contribution in [0.15, 0.2) is 78.9 Å². The fraction of sp³-hybridized carbons (Fsp3) is 0.290. The summed E-state index contributed by atoms with van der Waals surface area (Å²) in [5.74, 6) is 1.41. The van der Waals surface area contributed by atoms with Crippen LogP contribution in [0.5, 0.6) is 5.75 Å². The lowest BCUT2D eigenvalue weighted by atomic mass is 10.0. The number of ether oxygens (including phenoxy) is 1. The molecule has 3 aromatic carbocycles. The summed E-state index contributed by atoms with van der Waals surface area (Å²) >= 11 is 0. The van der Waals surface area contributed by atoms with E-state index in [1.165, 1.54) is 12.0 Å². The Morgan fingerprint density at radius 3 is 2.39 bits per heavy atom. The predicted molar refractivity (Wildman–Crippen MR) is 146 cm³/mol. The number of unbranched alkanes of at least 4 members (excludes halogenated alkanes) is 1. The number of nitrogens with one attached hydrogen (secondary N) is 1. The lowest BCUT2D eigenvalue weighted by Gasteiger charge is -2.17. The summed E-state index contributed by atoms with van der Waals surface area (Å²) in [5, 5.41) is 3.20. The van der Waals surface area contributed by atoms with Gasteiger partial charge in [0.1, 0.15) is 23.0 Å². The number of aryl methyl sites for hydroxylation is 1. The predicted octanol–water partition coefficient (Wildman–Crippen LogP) is 7.08. The molecule has 4 rings (SSSR count). The van der Waals surface area contributed by atoms with Gasteiger partial charge in [-0.25, -0.2) is 4.98 Å². The molecule has 1 aromatic heterocycles. The van der Waals surface area contributed by atoms with Crippen molar-refractivity contribution in [3.05, 3.63) is 95.7 Å². The molecule has 0 aliphatic carbocycles. The standard InChI is InChI=1S/C31H35N3O2/c1-5-7-12-23-17-19-24(20-18-23)28-29(34(6-2)30(33-28)25-13-9-8-10-14-25)31(35)32-22(3)26-15-11-16-27(21-26)36-4/h8-11,13-22H,5-7,12H2,1-4H3,(H,32,35)/t22-/m0/s1. The maximum atomic E-state index is 13.8. The first-order chi connectivity index (χ1) is 17.5. The normalized spacial score (nSPS) is 11.8. The molecule has 0 saturated heterocycles. The Morgan fingerprint density at radius 2 is 1.72 bits per heavy atom. The SMILES string of the molecule is CCCCc1ccc(-c2nc(-c3ccccc3)n(CC)c2C(=O)N[C@@H](C)c2cccc(OC)c2)cc1. The first-order valence-corrected chi connectivity index (χ1v) is 12.8. The number of hydrogen-bond acceptors (Lipinski definition) is 3. The van der Waals surface area contributed by atoms with E-state index in [4.69, 9.17) is 9.72 Å². The van der Waals surface area contributed by atoms with Gasteiger partial charge >= 0.3 is 0 Å². The number of aromatic nitrogens is 2. The van der Waals surface area contributed by atoms with Crippen LogP contribution >= 0.6 is 0 Å². The molecule has 0 bridgehead atoms. The summed E-state index contributed by atoms with van der Waals surface area (Å²) in [6.45, 7) is 6.87. The van der Waals surface area contributed by atoms with Gasteiger partial charge < -0.3 is 14.6 Å². The van der Waals surface area contributed by atoms with Gasteiger partial charge in [0.25, 0.3) is 5.91 Å². The monoisotopic (exact) mass is 481 g/mol. The van der Waals surface area contributed by atoms with E-state index >= 15 is 0 Å². The zero-order valence-electron chi connectivity index (χ0n) is 21.6. The molecule has 0 unspecified atom stereocenters. The fourth-order valence-electron chi connectivity index (χ4n) is 4.47. The third-order valence-corrected chi connectivity index (χ3v) is 6.52. The quantitative estimate of drug-likeness (QED) is 0.263. The Balaban J connectivity index is 1.75. The van der Waals surface area contributed by atoms with E-state index in [2.05, 4.69) is 36.5 Å². The number of hydrogen-bond donors (Lipinski definition) is 1. The smallest absolute Gasteiger partial charge is 0.270 e. The van der Waals surface area contributed by atoms with Gasteiger partial charge in [0.05, 0.1) is 13.2 Å². The first-order valence-electron chi connectivity index (χ1n) is 12.8. The minimum absolute atomic E-state index is 0.146. The van der Waals surface area contributed by atoms with Gasteiger partial charge in [-0.1, -0.05) is 80.1 Å². The molecule has 0 aliphatic rings. The van der Waals surface area contributed by atoms with Gasteiger partial charge in [0.2, 0.25) is 0 Å². The first kappa shape index (κ1) is 25.2. The second kappa shape index (κ2) is 11.7. The molecule has 1 heterocycles. The Hall–Kier alpha value is -3.86. The summed E-state index contributed by atoms with van der Waals surface area (Å²) in [6, 6.07) is 26.1. The van der Waals surface area contributed by atoms with E-state index in [1.54, 1.807) is 7.11 Å². The third-order valence-electron chi connectivity index (χ3n) is 6.52. The summed E-state index contributed by atoms with van der Waals surface area (Å²) < 4.78 is 7.38. The Morgan fingerprint density at radius 1 is 0.972 bits per heavy atom. The molecule has 186 valence electrons. The minimum Gasteiger partial charge on any atom is -0.497 e. The van der Waals surface area contributed by atoms with E-state index in [1.807, 2.05) is 73.0 Å². The second-order valence-electron chi connectivity index (χ2n) is 9.02. The van der Waals surface area contributed by atoms with Crippen molar-refractivity contribution in [1.29, 1.82) is 0 Å². The van der Waals surface area contributed by atoms with Gasteiger partial charge in [-0.3, -0.25) is 4.79 Å². The Labute approximate surface area is 214 Å². The number of methoxy groups -OCH3 is 1. The number of amides is 1. The van der Waals surface area contributed by atoms with Gasteiger partial charge in [-0.15, -0.1) is 0 Å². The molecule has 1 atom stereocenters. The maximum Gasteiger partial charge on any atom is 0.270 e. The molecular formula is C31H35N3O2.